The molecule has 2 aromatic heterocycles. The fourth-order valence-electron chi connectivity index (χ4n) is 10.5. The maximum Gasteiger partial charge on any atom is 0.401 e. The Bertz CT molecular complexity index is 2270. The Morgan fingerprint density at radius 1 is 0.966 bits per heavy atom. The van der Waals surface area contributed by atoms with Crippen LogP contribution in [0.15, 0.2) is 61.1 Å². The topological polar surface area (TPSA) is 113 Å². The van der Waals surface area contributed by atoms with Gasteiger partial charge in [-0.2, -0.15) is 18.3 Å². The molecule has 3 saturated heterocycles. The van der Waals surface area contributed by atoms with Crippen molar-refractivity contribution in [2.24, 2.45) is 5.92 Å². The van der Waals surface area contributed by atoms with E-state index in [1.54, 1.807) is 17.3 Å². The average Bonchev–Trinajstić information content (AvgIpc) is 3.83. The van der Waals surface area contributed by atoms with Crippen molar-refractivity contribution in [3.63, 3.8) is 0 Å². The smallest absolute Gasteiger partial charge is 0.401 e. The van der Waals surface area contributed by atoms with Crippen LogP contribution in [0.25, 0.3) is 10.9 Å². The van der Waals surface area contributed by atoms with E-state index in [4.69, 9.17) is 9.72 Å². The van der Waals surface area contributed by atoms with E-state index >= 15 is 0 Å². The number of piperazine rings is 1. The van der Waals surface area contributed by atoms with Crippen LogP contribution < -0.4 is 19.9 Å². The lowest BCUT2D eigenvalue weighted by Gasteiger charge is -2.47. The van der Waals surface area contributed by atoms with E-state index in [1.807, 2.05) is 48.2 Å². The number of pyridine rings is 1. The van der Waals surface area contributed by atoms with Crippen LogP contribution in [0.2, 0.25) is 0 Å². The minimum Gasteiger partial charge on any atom is -0.489 e. The maximum atomic E-state index is 13.9. The molecule has 2 N–H and O–H groups in total. The molecule has 12 nitrogen and oxygen atoms in total. The first-order valence-electron chi connectivity index (χ1n) is 20.5. The number of ether oxygens (including phenoxy) is 1. The summed E-state index contributed by atoms with van der Waals surface area (Å²) in [4.78, 5) is 40.9. The van der Waals surface area contributed by atoms with Gasteiger partial charge in [-0.05, 0) is 79.5 Å². The summed E-state index contributed by atoms with van der Waals surface area (Å²) in [5.74, 6) is 2.12. The minimum absolute atomic E-state index is 0.0392. The summed E-state index contributed by atoms with van der Waals surface area (Å²) in [5.41, 5.74) is 6.80. The summed E-state index contributed by atoms with van der Waals surface area (Å²) in [7, 11) is 0. The number of hydrogen-bond acceptors (Lipinski definition) is 9. The van der Waals surface area contributed by atoms with Crippen LogP contribution in [0.1, 0.15) is 71.3 Å². The normalized spacial score (nSPS) is 25.7. The fourth-order valence-corrected chi connectivity index (χ4v) is 10.5. The van der Waals surface area contributed by atoms with Crippen molar-refractivity contribution in [3.8, 4) is 5.75 Å². The number of piperidine rings is 2. The first-order chi connectivity index (χ1) is 28.0. The predicted molar refractivity (Wildman–Crippen MR) is 213 cm³/mol. The van der Waals surface area contributed by atoms with Gasteiger partial charge in [0.25, 0.3) is 5.91 Å². The monoisotopic (exact) mass is 795 g/mol. The van der Waals surface area contributed by atoms with Gasteiger partial charge >= 0.3 is 6.18 Å². The Labute approximate surface area is 335 Å². The van der Waals surface area contributed by atoms with Gasteiger partial charge in [0, 0.05) is 80.1 Å². The van der Waals surface area contributed by atoms with Crippen LogP contribution in [-0.4, -0.2) is 118 Å². The zero-order valence-corrected chi connectivity index (χ0v) is 32.6. The molecule has 58 heavy (non-hydrogen) atoms. The van der Waals surface area contributed by atoms with E-state index in [0.29, 0.717) is 49.6 Å². The first-order valence-corrected chi connectivity index (χ1v) is 20.5. The highest BCUT2D eigenvalue weighted by Crippen LogP contribution is 2.45. The molecule has 0 saturated carbocycles. The quantitative estimate of drug-likeness (QED) is 0.265. The predicted octanol–water partition coefficient (Wildman–Crippen LogP) is 5.40. The highest BCUT2D eigenvalue weighted by molar-refractivity contribution is 6.01. The largest absolute Gasteiger partial charge is 0.489 e. The summed E-state index contributed by atoms with van der Waals surface area (Å²) in [6, 6.07) is 10.9. The minimum atomic E-state index is -4.33. The van der Waals surface area contributed by atoms with Gasteiger partial charge in [-0.15, -0.1) is 0 Å². The highest BCUT2D eigenvalue weighted by atomic mass is 19.4. The number of benzene rings is 2. The number of halogens is 3. The van der Waals surface area contributed by atoms with E-state index in [2.05, 4.69) is 36.8 Å². The highest BCUT2D eigenvalue weighted by Gasteiger charge is 2.43. The number of alkyl halides is 3. The van der Waals surface area contributed by atoms with Crippen molar-refractivity contribution in [2.75, 3.05) is 62.2 Å². The Kier molecular flexibility index (Phi) is 9.15. The second-order valence-corrected chi connectivity index (χ2v) is 17.0. The number of rotatable bonds is 6. The summed E-state index contributed by atoms with van der Waals surface area (Å²) < 4.78 is 48.2. The molecule has 6 aliphatic rings. The third-order valence-electron chi connectivity index (χ3n) is 13.4. The van der Waals surface area contributed by atoms with Crippen molar-refractivity contribution in [3.05, 3.63) is 88.9 Å². The first kappa shape index (κ1) is 37.1. The number of aromatic nitrogens is 3. The maximum absolute atomic E-state index is 13.9. The third-order valence-corrected chi connectivity index (χ3v) is 13.4. The van der Waals surface area contributed by atoms with Crippen molar-refractivity contribution in [2.45, 2.75) is 75.9 Å². The number of nitrogens with zero attached hydrogens (tertiary/aromatic N) is 7. The van der Waals surface area contributed by atoms with Crippen molar-refractivity contribution < 1.29 is 27.5 Å². The molecule has 304 valence electrons. The number of carbonyl (C=O) groups is 2. The van der Waals surface area contributed by atoms with Gasteiger partial charge in [-0.3, -0.25) is 24.5 Å². The SMILES string of the molecule is C=C1NC(=O)CC[C@@H]1N1Cc2c(ccc3c2OC[C@H]2CN(CC4CCN(c5ccc([C@@H]6c7ccc8[nH]ncc8c7C[C@@H](C)N6CC(F)(F)F)cn5)CC4)CCN32)C1=O. The number of amides is 2. The molecule has 0 spiro atoms. The molecular formula is C43H48F3N9O3. The summed E-state index contributed by atoms with van der Waals surface area (Å²) in [6.07, 6.45) is 2.76. The van der Waals surface area contributed by atoms with Gasteiger partial charge in [-0.1, -0.05) is 18.7 Å². The molecule has 4 aromatic rings. The number of carbonyl (C=O) groups excluding carboxylic acids is 2. The molecule has 0 unspecified atom stereocenters. The number of anilines is 2. The molecule has 2 amide bonds. The molecule has 10 rings (SSSR count). The second-order valence-electron chi connectivity index (χ2n) is 17.0. The Morgan fingerprint density at radius 3 is 2.59 bits per heavy atom. The van der Waals surface area contributed by atoms with E-state index in [9.17, 15) is 22.8 Å². The summed E-state index contributed by atoms with van der Waals surface area (Å²) >= 11 is 0. The second kappa shape index (κ2) is 14.3. The van der Waals surface area contributed by atoms with E-state index in [0.717, 1.165) is 103 Å². The zero-order valence-electron chi connectivity index (χ0n) is 32.6. The molecule has 8 heterocycles. The number of H-pyrrole nitrogens is 1. The van der Waals surface area contributed by atoms with Gasteiger partial charge in [0.2, 0.25) is 5.91 Å². The van der Waals surface area contributed by atoms with Gasteiger partial charge in [0.05, 0.1) is 48.6 Å². The van der Waals surface area contributed by atoms with Gasteiger partial charge in [0.15, 0.2) is 0 Å². The van der Waals surface area contributed by atoms with Gasteiger partial charge in [-0.25, -0.2) is 4.98 Å². The lowest BCUT2D eigenvalue weighted by Crippen LogP contribution is -2.58. The number of hydrogen-bond donors (Lipinski definition) is 2. The Balaban J connectivity index is 0.766. The molecule has 6 aliphatic heterocycles. The zero-order chi connectivity index (χ0) is 39.9. The fraction of sp³-hybridized carbons (Fsp3) is 0.488. The standard InChI is InChI=1S/C43H48F3N9O3/c1-25-17-32-30(4-6-35-33(32)19-48-50-35)40(55(25)24-43(44,45)46)28-3-9-38(47-18-28)52-13-11-27(12-14-52)20-51-15-16-53-29(21-51)23-58-41-34-22-54(36-8-10-39(56)49-26(36)2)42(57)31(34)5-7-37(41)53/h3-7,9,18-19,25,27,29,36,40H,2,8,10-17,20-24H2,1H3,(H,48,50)(H,49,56)/t25-,29-,36+,40-/m1/s1. The molecule has 3 fully saturated rings. The van der Waals surface area contributed by atoms with Crippen LogP contribution in [0.4, 0.5) is 24.7 Å². The Morgan fingerprint density at radius 2 is 1.81 bits per heavy atom. The lowest BCUT2D eigenvalue weighted by atomic mass is 9.84. The average molecular weight is 796 g/mol. The third kappa shape index (κ3) is 6.55. The van der Waals surface area contributed by atoms with Gasteiger partial charge in [0.1, 0.15) is 18.2 Å². The molecule has 0 radical (unpaired) electrons. The lowest BCUT2D eigenvalue weighted by molar-refractivity contribution is -0.155. The van der Waals surface area contributed by atoms with E-state index in [1.165, 1.54) is 0 Å². The van der Waals surface area contributed by atoms with Crippen LogP contribution in [-0.2, 0) is 17.8 Å². The van der Waals surface area contributed by atoms with Crippen LogP contribution in [0.5, 0.6) is 5.75 Å². The molecule has 0 aliphatic carbocycles. The molecule has 4 atom stereocenters. The van der Waals surface area contributed by atoms with Crippen LogP contribution >= 0.6 is 0 Å². The Hall–Kier alpha value is -5.15. The van der Waals surface area contributed by atoms with Crippen LogP contribution in [0, 0.1) is 5.92 Å². The molecular weight excluding hydrogens is 748 g/mol. The van der Waals surface area contributed by atoms with E-state index in [-0.39, 0.29) is 29.9 Å². The number of aromatic amines is 1. The number of fused-ring (bicyclic) bond motifs is 8. The number of nitrogens with one attached hydrogen (secondary N) is 2. The molecule has 2 aromatic carbocycles. The van der Waals surface area contributed by atoms with E-state index < -0.39 is 18.8 Å². The molecule has 15 heteroatoms. The van der Waals surface area contributed by atoms with Crippen molar-refractivity contribution in [1.82, 2.24) is 35.2 Å². The van der Waals surface area contributed by atoms with Crippen molar-refractivity contribution in [1.29, 1.82) is 0 Å². The summed E-state index contributed by atoms with van der Waals surface area (Å²) in [6.45, 7) is 11.4. The van der Waals surface area contributed by atoms with Crippen LogP contribution in [0.3, 0.4) is 0 Å². The van der Waals surface area contributed by atoms with Crippen molar-refractivity contribution >= 4 is 34.2 Å². The molecule has 0 bridgehead atoms. The summed E-state index contributed by atoms with van der Waals surface area (Å²) in [5, 5.41) is 11.0. The van der Waals surface area contributed by atoms with Gasteiger partial charge < -0.3 is 24.8 Å².